The van der Waals surface area contributed by atoms with Crippen LogP contribution >= 0.6 is 0 Å². The zero-order chi connectivity index (χ0) is 21.3. The summed E-state index contributed by atoms with van der Waals surface area (Å²) in [4.78, 5) is 33.5. The van der Waals surface area contributed by atoms with Gasteiger partial charge < -0.3 is 14.6 Å². The minimum absolute atomic E-state index is 0.169. The van der Waals surface area contributed by atoms with Crippen molar-refractivity contribution in [2.45, 2.75) is 13.0 Å². The molecule has 0 fully saturated rings. The van der Waals surface area contributed by atoms with E-state index in [0.717, 1.165) is 17.0 Å². The van der Waals surface area contributed by atoms with Crippen LogP contribution in [0.25, 0.3) is 16.9 Å². The van der Waals surface area contributed by atoms with E-state index in [9.17, 15) is 9.59 Å². The predicted octanol–water partition coefficient (Wildman–Crippen LogP) is 2.14. The number of methoxy groups -OCH3 is 1. The smallest absolute Gasteiger partial charge is 0.272 e. The van der Waals surface area contributed by atoms with Gasteiger partial charge in [-0.2, -0.15) is 5.10 Å². The van der Waals surface area contributed by atoms with Gasteiger partial charge in [-0.05, 0) is 37.3 Å². The largest absolute Gasteiger partial charge is 0.497 e. The predicted molar refractivity (Wildman–Crippen MR) is 109 cm³/mol. The molecule has 9 nitrogen and oxygen atoms in total. The van der Waals surface area contributed by atoms with E-state index in [0.29, 0.717) is 5.65 Å². The molecular weight excluding hydrogens is 384 g/mol. The van der Waals surface area contributed by atoms with Gasteiger partial charge in [0.1, 0.15) is 5.75 Å². The zero-order valence-corrected chi connectivity index (χ0v) is 16.7. The van der Waals surface area contributed by atoms with Crippen LogP contribution in [0.4, 0.5) is 0 Å². The van der Waals surface area contributed by atoms with E-state index in [2.05, 4.69) is 20.4 Å². The van der Waals surface area contributed by atoms with Crippen molar-refractivity contribution in [2.24, 2.45) is 7.05 Å². The number of rotatable bonds is 6. The van der Waals surface area contributed by atoms with E-state index in [-0.39, 0.29) is 17.3 Å². The summed E-state index contributed by atoms with van der Waals surface area (Å²) in [5.74, 6) is 0.283. The third kappa shape index (κ3) is 3.52. The molecule has 1 aromatic carbocycles. The standard InChI is InChI=1S/C21H20N6O3/c1-13(19(28)20-23-10-11-26(20)2)24-21(29)16-12-18-22-9-8-17(27(18)25-16)14-4-6-15(30-3)7-5-14/h4-13H,1-3H3,(H,24,29). The SMILES string of the molecule is COc1ccc(-c2ccnc3cc(C(=O)NC(C)C(=O)c4nccn4C)nn23)cc1. The third-order valence-electron chi connectivity index (χ3n) is 4.76. The van der Waals surface area contributed by atoms with Crippen LogP contribution in [0.3, 0.4) is 0 Å². The van der Waals surface area contributed by atoms with Gasteiger partial charge in [0, 0.05) is 37.3 Å². The lowest BCUT2D eigenvalue weighted by Crippen LogP contribution is -2.39. The van der Waals surface area contributed by atoms with Crippen molar-refractivity contribution < 1.29 is 14.3 Å². The number of benzene rings is 1. The van der Waals surface area contributed by atoms with Gasteiger partial charge in [0.15, 0.2) is 17.2 Å². The summed E-state index contributed by atoms with van der Waals surface area (Å²) in [6.45, 7) is 1.62. The third-order valence-corrected chi connectivity index (χ3v) is 4.76. The maximum Gasteiger partial charge on any atom is 0.272 e. The number of ketones is 1. The lowest BCUT2D eigenvalue weighted by Gasteiger charge is -2.11. The summed E-state index contributed by atoms with van der Waals surface area (Å²) in [6, 6.07) is 10.2. The highest BCUT2D eigenvalue weighted by Gasteiger charge is 2.23. The monoisotopic (exact) mass is 404 g/mol. The van der Waals surface area contributed by atoms with Gasteiger partial charge in [-0.25, -0.2) is 14.5 Å². The fraction of sp³-hybridized carbons (Fsp3) is 0.190. The molecule has 1 amide bonds. The Kier molecular flexibility index (Phi) is 5.01. The summed E-state index contributed by atoms with van der Waals surface area (Å²) >= 11 is 0. The number of hydrogen-bond acceptors (Lipinski definition) is 6. The Morgan fingerprint density at radius 3 is 2.53 bits per heavy atom. The molecule has 0 saturated carbocycles. The molecule has 1 unspecified atom stereocenters. The van der Waals surface area contributed by atoms with Crippen molar-refractivity contribution in [2.75, 3.05) is 7.11 Å². The summed E-state index contributed by atoms with van der Waals surface area (Å²) in [5, 5.41) is 7.09. The number of fused-ring (bicyclic) bond motifs is 1. The minimum atomic E-state index is -0.752. The van der Waals surface area contributed by atoms with Gasteiger partial charge in [0.05, 0.1) is 18.8 Å². The number of carbonyl (C=O) groups excluding carboxylic acids is 2. The number of aromatic nitrogens is 5. The summed E-state index contributed by atoms with van der Waals surface area (Å²) in [6.07, 6.45) is 4.87. The number of carbonyl (C=O) groups is 2. The topological polar surface area (TPSA) is 103 Å². The van der Waals surface area contributed by atoms with Crippen LogP contribution < -0.4 is 10.1 Å². The van der Waals surface area contributed by atoms with E-state index >= 15 is 0 Å². The molecule has 0 aliphatic rings. The second-order valence-electron chi connectivity index (χ2n) is 6.78. The van der Waals surface area contributed by atoms with Crippen molar-refractivity contribution in [3.05, 3.63) is 66.5 Å². The van der Waals surface area contributed by atoms with Crippen molar-refractivity contribution >= 4 is 17.3 Å². The average Bonchev–Trinajstić information content (AvgIpc) is 3.39. The molecule has 4 rings (SSSR count). The molecule has 152 valence electrons. The molecule has 3 aromatic heterocycles. The van der Waals surface area contributed by atoms with E-state index in [4.69, 9.17) is 4.74 Å². The first-order chi connectivity index (χ1) is 14.5. The lowest BCUT2D eigenvalue weighted by molar-refractivity contribution is 0.0855. The van der Waals surface area contributed by atoms with Crippen LogP contribution in [0.2, 0.25) is 0 Å². The summed E-state index contributed by atoms with van der Waals surface area (Å²) < 4.78 is 8.41. The Morgan fingerprint density at radius 2 is 1.87 bits per heavy atom. The van der Waals surface area contributed by atoms with Gasteiger partial charge in [-0.1, -0.05) is 0 Å². The van der Waals surface area contributed by atoms with E-state index in [1.807, 2.05) is 30.3 Å². The molecule has 0 aliphatic heterocycles. The minimum Gasteiger partial charge on any atom is -0.497 e. The molecule has 0 aliphatic carbocycles. The van der Waals surface area contributed by atoms with Crippen LogP contribution in [0.5, 0.6) is 5.75 Å². The van der Waals surface area contributed by atoms with Crippen LogP contribution in [0, 0.1) is 0 Å². The Hall–Kier alpha value is -4.01. The maximum absolute atomic E-state index is 12.7. The molecule has 4 aromatic rings. The number of nitrogens with zero attached hydrogens (tertiary/aromatic N) is 5. The number of amides is 1. The Labute approximate surface area is 172 Å². The molecule has 1 atom stereocenters. The molecule has 0 saturated heterocycles. The number of ether oxygens (including phenoxy) is 1. The molecule has 30 heavy (non-hydrogen) atoms. The highest BCUT2D eigenvalue weighted by molar-refractivity contribution is 6.02. The lowest BCUT2D eigenvalue weighted by atomic mass is 10.1. The average molecular weight is 404 g/mol. The summed E-state index contributed by atoms with van der Waals surface area (Å²) in [5.41, 5.74) is 2.37. The first-order valence-corrected chi connectivity index (χ1v) is 9.29. The number of Topliss-reactive ketones (excluding diaryl/α,β-unsaturated/α-hetero) is 1. The van der Waals surface area contributed by atoms with Gasteiger partial charge in [-0.3, -0.25) is 9.59 Å². The number of hydrogen-bond donors (Lipinski definition) is 1. The fourth-order valence-electron chi connectivity index (χ4n) is 3.12. The Balaban J connectivity index is 1.59. The maximum atomic E-state index is 12.7. The summed E-state index contributed by atoms with van der Waals surface area (Å²) in [7, 11) is 3.33. The number of imidazole rings is 1. The second-order valence-corrected chi connectivity index (χ2v) is 6.78. The normalized spacial score (nSPS) is 12.0. The van der Waals surface area contributed by atoms with Crippen molar-refractivity contribution in [3.8, 4) is 17.0 Å². The fourth-order valence-corrected chi connectivity index (χ4v) is 3.12. The molecule has 3 heterocycles. The zero-order valence-electron chi connectivity index (χ0n) is 16.7. The van der Waals surface area contributed by atoms with Crippen LogP contribution in [-0.2, 0) is 7.05 Å². The quantitative estimate of drug-likeness (QED) is 0.494. The molecule has 0 bridgehead atoms. The van der Waals surface area contributed by atoms with Crippen molar-refractivity contribution in [1.29, 1.82) is 0 Å². The van der Waals surface area contributed by atoms with E-state index < -0.39 is 11.9 Å². The Morgan fingerprint density at radius 1 is 1.10 bits per heavy atom. The van der Waals surface area contributed by atoms with Gasteiger partial charge in [0.2, 0.25) is 5.78 Å². The van der Waals surface area contributed by atoms with E-state index in [1.165, 1.54) is 6.20 Å². The number of aryl methyl sites for hydroxylation is 1. The highest BCUT2D eigenvalue weighted by atomic mass is 16.5. The molecular formula is C21H20N6O3. The molecule has 0 radical (unpaired) electrons. The van der Waals surface area contributed by atoms with E-state index in [1.54, 1.807) is 48.6 Å². The second kappa shape index (κ2) is 7.78. The number of nitrogens with one attached hydrogen (secondary N) is 1. The molecule has 9 heteroatoms. The van der Waals surface area contributed by atoms with Crippen molar-refractivity contribution in [3.63, 3.8) is 0 Å². The molecule has 1 N–H and O–H groups in total. The van der Waals surface area contributed by atoms with Crippen molar-refractivity contribution in [1.82, 2.24) is 29.5 Å². The van der Waals surface area contributed by atoms with Crippen LogP contribution in [0.15, 0.2) is 55.0 Å². The van der Waals surface area contributed by atoms with Crippen LogP contribution in [-0.4, -0.2) is 49.0 Å². The first-order valence-electron chi connectivity index (χ1n) is 9.29. The van der Waals surface area contributed by atoms with Gasteiger partial charge in [0.25, 0.3) is 5.91 Å². The van der Waals surface area contributed by atoms with Crippen LogP contribution in [0.1, 0.15) is 28.0 Å². The highest BCUT2D eigenvalue weighted by Crippen LogP contribution is 2.22. The first kappa shape index (κ1) is 19.3. The Bertz CT molecular complexity index is 1230. The van der Waals surface area contributed by atoms with Gasteiger partial charge in [-0.15, -0.1) is 0 Å². The van der Waals surface area contributed by atoms with Gasteiger partial charge >= 0.3 is 0 Å². The molecule has 0 spiro atoms.